The molecule has 1 atom stereocenters. The molecule has 1 aliphatic rings. The topological polar surface area (TPSA) is 47.5 Å². The molecule has 28 heavy (non-hydrogen) atoms. The van der Waals surface area contributed by atoms with Crippen molar-refractivity contribution in [3.8, 4) is 0 Å². The molecule has 4 nitrogen and oxygen atoms in total. The summed E-state index contributed by atoms with van der Waals surface area (Å²) >= 11 is 2.16. The van der Waals surface area contributed by atoms with Gasteiger partial charge < -0.3 is 15.7 Å². The highest BCUT2D eigenvalue weighted by atomic mass is 127. The number of piperazine rings is 1. The second-order valence-electron chi connectivity index (χ2n) is 6.95. The molecule has 0 aromatic heterocycles. The zero-order chi connectivity index (χ0) is 20.3. The fourth-order valence-electron chi connectivity index (χ4n) is 3.20. The molecule has 1 saturated heterocycles. The van der Waals surface area contributed by atoms with Gasteiger partial charge in [-0.25, -0.2) is 0 Å². The lowest BCUT2D eigenvalue weighted by molar-refractivity contribution is -0.138. The SMILES string of the molecule is Cc1ccc(C(O)Nc2ccc(CN3CCNCC3)c(C(F)(F)F)c2)cc1I. The average molecular weight is 505 g/mol. The van der Waals surface area contributed by atoms with E-state index in [-0.39, 0.29) is 17.8 Å². The highest BCUT2D eigenvalue weighted by molar-refractivity contribution is 14.1. The van der Waals surface area contributed by atoms with Gasteiger partial charge in [0, 0.05) is 47.5 Å². The molecule has 152 valence electrons. The lowest BCUT2D eigenvalue weighted by Crippen LogP contribution is -2.43. The molecule has 0 bridgehead atoms. The lowest BCUT2D eigenvalue weighted by atomic mass is 10.0. The smallest absolute Gasteiger partial charge is 0.369 e. The number of aryl methyl sites for hydroxylation is 1. The van der Waals surface area contributed by atoms with Crippen LogP contribution < -0.4 is 10.6 Å². The first kappa shape index (κ1) is 21.4. The molecule has 1 fully saturated rings. The Kier molecular flexibility index (Phi) is 6.85. The van der Waals surface area contributed by atoms with Gasteiger partial charge in [0.15, 0.2) is 6.23 Å². The molecule has 2 aromatic carbocycles. The second kappa shape index (κ2) is 8.98. The minimum absolute atomic E-state index is 0.236. The van der Waals surface area contributed by atoms with E-state index in [0.29, 0.717) is 5.56 Å². The molecule has 2 aromatic rings. The van der Waals surface area contributed by atoms with E-state index in [4.69, 9.17) is 0 Å². The van der Waals surface area contributed by atoms with Crippen LogP contribution in [0.25, 0.3) is 0 Å². The molecular weight excluding hydrogens is 482 g/mol. The highest BCUT2D eigenvalue weighted by Crippen LogP contribution is 2.35. The predicted molar refractivity (Wildman–Crippen MR) is 112 cm³/mol. The standard InChI is InChI=1S/C20H23F3IN3O/c1-13-2-3-14(10-18(13)24)19(28)26-16-5-4-15(17(11-16)20(21,22)23)12-27-8-6-25-7-9-27/h2-5,10-11,19,25-26,28H,6-9,12H2,1H3. The zero-order valence-electron chi connectivity index (χ0n) is 15.5. The van der Waals surface area contributed by atoms with Crippen LogP contribution in [0.4, 0.5) is 18.9 Å². The van der Waals surface area contributed by atoms with Crippen molar-refractivity contribution in [3.63, 3.8) is 0 Å². The van der Waals surface area contributed by atoms with Crippen LogP contribution in [0.15, 0.2) is 36.4 Å². The van der Waals surface area contributed by atoms with E-state index in [1.54, 1.807) is 12.1 Å². The van der Waals surface area contributed by atoms with Gasteiger partial charge >= 0.3 is 6.18 Å². The summed E-state index contributed by atoms with van der Waals surface area (Å²) in [5.74, 6) is 0. The van der Waals surface area contributed by atoms with E-state index >= 15 is 0 Å². The van der Waals surface area contributed by atoms with E-state index in [9.17, 15) is 18.3 Å². The first-order valence-corrected chi connectivity index (χ1v) is 10.2. The van der Waals surface area contributed by atoms with Crippen molar-refractivity contribution >= 4 is 28.3 Å². The first-order valence-electron chi connectivity index (χ1n) is 9.08. The summed E-state index contributed by atoms with van der Waals surface area (Å²) in [6.45, 7) is 5.23. The van der Waals surface area contributed by atoms with Crippen molar-refractivity contribution in [1.82, 2.24) is 10.2 Å². The molecule has 1 unspecified atom stereocenters. The third-order valence-electron chi connectivity index (χ3n) is 4.83. The second-order valence-corrected chi connectivity index (χ2v) is 8.11. The number of hydrogen-bond acceptors (Lipinski definition) is 4. The van der Waals surface area contributed by atoms with Gasteiger partial charge in [0.25, 0.3) is 0 Å². The molecule has 0 spiro atoms. The van der Waals surface area contributed by atoms with Crippen molar-refractivity contribution in [1.29, 1.82) is 0 Å². The third kappa shape index (κ3) is 5.37. The molecule has 1 aliphatic heterocycles. The summed E-state index contributed by atoms with van der Waals surface area (Å²) in [4.78, 5) is 2.01. The Labute approximate surface area is 176 Å². The monoisotopic (exact) mass is 505 g/mol. The van der Waals surface area contributed by atoms with Crippen LogP contribution in [-0.2, 0) is 12.7 Å². The van der Waals surface area contributed by atoms with Gasteiger partial charge in [-0.15, -0.1) is 0 Å². The summed E-state index contributed by atoms with van der Waals surface area (Å²) in [7, 11) is 0. The average Bonchev–Trinajstić information content (AvgIpc) is 2.65. The molecule has 8 heteroatoms. The van der Waals surface area contributed by atoms with Gasteiger partial charge in [0.1, 0.15) is 0 Å². The number of alkyl halides is 3. The largest absolute Gasteiger partial charge is 0.416 e. The van der Waals surface area contributed by atoms with E-state index in [1.807, 2.05) is 24.0 Å². The predicted octanol–water partition coefficient (Wildman–Crippen LogP) is 4.13. The van der Waals surface area contributed by atoms with E-state index < -0.39 is 18.0 Å². The first-order chi connectivity index (χ1) is 13.2. The maximum atomic E-state index is 13.6. The third-order valence-corrected chi connectivity index (χ3v) is 6.00. The Bertz CT molecular complexity index is 823. The van der Waals surface area contributed by atoms with Crippen LogP contribution in [0.5, 0.6) is 0 Å². The quantitative estimate of drug-likeness (QED) is 0.423. The summed E-state index contributed by atoms with van der Waals surface area (Å²) in [6.07, 6.45) is -5.54. The fourth-order valence-corrected chi connectivity index (χ4v) is 3.74. The minimum atomic E-state index is -4.45. The minimum Gasteiger partial charge on any atom is -0.369 e. The highest BCUT2D eigenvalue weighted by Gasteiger charge is 2.34. The van der Waals surface area contributed by atoms with E-state index in [1.165, 1.54) is 6.07 Å². The number of nitrogens with zero attached hydrogens (tertiary/aromatic N) is 1. The molecule has 0 aliphatic carbocycles. The van der Waals surface area contributed by atoms with Crippen LogP contribution >= 0.6 is 22.6 Å². The molecule has 0 saturated carbocycles. The van der Waals surface area contributed by atoms with Gasteiger partial charge in [-0.2, -0.15) is 13.2 Å². The Morgan fingerprint density at radius 1 is 1.18 bits per heavy atom. The summed E-state index contributed by atoms with van der Waals surface area (Å²) in [5, 5.41) is 16.4. The fraction of sp³-hybridized carbons (Fsp3) is 0.400. The number of benzene rings is 2. The Hall–Kier alpha value is -1.36. The molecule has 3 N–H and O–H groups in total. The summed E-state index contributed by atoms with van der Waals surface area (Å²) in [5.41, 5.74) is 1.50. The number of hydrogen-bond donors (Lipinski definition) is 3. The van der Waals surface area contributed by atoms with Crippen molar-refractivity contribution < 1.29 is 18.3 Å². The number of aliphatic hydroxyl groups excluding tert-OH is 1. The Morgan fingerprint density at radius 2 is 1.89 bits per heavy atom. The molecule has 1 heterocycles. The van der Waals surface area contributed by atoms with E-state index in [0.717, 1.165) is 41.4 Å². The Balaban J connectivity index is 1.80. The maximum absolute atomic E-state index is 13.6. The summed E-state index contributed by atoms with van der Waals surface area (Å²) < 4.78 is 41.8. The molecule has 0 radical (unpaired) electrons. The molecule has 0 amide bonds. The number of halogens is 4. The van der Waals surface area contributed by atoms with Gasteiger partial charge in [0.2, 0.25) is 0 Å². The van der Waals surface area contributed by atoms with Crippen molar-refractivity contribution in [2.24, 2.45) is 0 Å². The maximum Gasteiger partial charge on any atom is 0.416 e. The normalized spacial score (nSPS) is 16.8. The lowest BCUT2D eigenvalue weighted by Gasteiger charge is -2.28. The van der Waals surface area contributed by atoms with Crippen LogP contribution in [0.3, 0.4) is 0 Å². The van der Waals surface area contributed by atoms with Gasteiger partial charge in [0.05, 0.1) is 5.56 Å². The number of anilines is 1. The molecular formula is C20H23F3IN3O. The van der Waals surface area contributed by atoms with Gasteiger partial charge in [-0.1, -0.05) is 18.2 Å². The number of aliphatic hydroxyl groups is 1. The van der Waals surface area contributed by atoms with Crippen LogP contribution in [0.1, 0.15) is 28.5 Å². The van der Waals surface area contributed by atoms with Crippen molar-refractivity contribution in [2.45, 2.75) is 25.9 Å². The van der Waals surface area contributed by atoms with Gasteiger partial charge in [-0.3, -0.25) is 4.90 Å². The van der Waals surface area contributed by atoms with Crippen molar-refractivity contribution in [3.05, 3.63) is 62.2 Å². The van der Waals surface area contributed by atoms with Gasteiger partial charge in [-0.05, 0) is 58.8 Å². The number of nitrogens with one attached hydrogen (secondary N) is 2. The van der Waals surface area contributed by atoms with Crippen LogP contribution in [-0.4, -0.2) is 36.2 Å². The number of rotatable bonds is 5. The molecule has 3 rings (SSSR count). The van der Waals surface area contributed by atoms with Crippen LogP contribution in [0.2, 0.25) is 0 Å². The van der Waals surface area contributed by atoms with Crippen LogP contribution in [0, 0.1) is 10.5 Å². The van der Waals surface area contributed by atoms with Crippen molar-refractivity contribution in [2.75, 3.05) is 31.5 Å². The zero-order valence-corrected chi connectivity index (χ0v) is 17.6. The van der Waals surface area contributed by atoms with E-state index in [2.05, 4.69) is 33.2 Å². The Morgan fingerprint density at radius 3 is 2.54 bits per heavy atom. The summed E-state index contributed by atoms with van der Waals surface area (Å²) in [6, 6.07) is 9.63.